The molecule has 0 atom stereocenters. The molecule has 1 aromatic heterocycles. The number of ether oxygens (including phenoxy) is 1. The van der Waals surface area contributed by atoms with E-state index in [4.69, 9.17) is 0 Å². The Bertz CT molecular complexity index is 679. The zero-order valence-corrected chi connectivity index (χ0v) is 17.2. The topological polar surface area (TPSA) is 45.7 Å². The van der Waals surface area contributed by atoms with E-state index in [1.807, 2.05) is 13.0 Å². The van der Waals surface area contributed by atoms with Crippen LogP contribution < -0.4 is 15.4 Å². The lowest BCUT2D eigenvalue weighted by molar-refractivity contribution is -0.0498. The van der Waals surface area contributed by atoms with Gasteiger partial charge in [-0.15, -0.1) is 35.3 Å². The van der Waals surface area contributed by atoms with Crippen molar-refractivity contribution in [2.45, 2.75) is 33.5 Å². The van der Waals surface area contributed by atoms with E-state index in [-0.39, 0.29) is 29.7 Å². The Hall–Kier alpha value is -1.42. The largest absolute Gasteiger partial charge is 0.435 e. The minimum Gasteiger partial charge on any atom is -0.435 e. The van der Waals surface area contributed by atoms with E-state index in [2.05, 4.69) is 39.4 Å². The van der Waals surface area contributed by atoms with Gasteiger partial charge >= 0.3 is 6.61 Å². The number of halogens is 3. The highest BCUT2D eigenvalue weighted by Gasteiger charge is 2.05. The molecule has 1 heterocycles. The van der Waals surface area contributed by atoms with Gasteiger partial charge in [0, 0.05) is 16.3 Å². The zero-order chi connectivity index (χ0) is 17.4. The molecule has 0 aliphatic heterocycles. The quantitative estimate of drug-likeness (QED) is 0.347. The summed E-state index contributed by atoms with van der Waals surface area (Å²) in [6.45, 7) is 3.05. The van der Waals surface area contributed by atoms with Crippen LogP contribution in [0.4, 0.5) is 8.78 Å². The summed E-state index contributed by atoms with van der Waals surface area (Å²) in [7, 11) is 0. The molecule has 0 radical (unpaired) electrons. The maximum Gasteiger partial charge on any atom is 0.387 e. The van der Waals surface area contributed by atoms with Crippen LogP contribution in [0.3, 0.4) is 0 Å². The summed E-state index contributed by atoms with van der Waals surface area (Å²) in [6.07, 6.45) is 0. The van der Waals surface area contributed by atoms with Gasteiger partial charge in [0.15, 0.2) is 5.96 Å². The van der Waals surface area contributed by atoms with Gasteiger partial charge in [-0.3, -0.25) is 0 Å². The number of thiophene rings is 1. The third kappa shape index (κ3) is 8.00. The van der Waals surface area contributed by atoms with Gasteiger partial charge in [0.2, 0.25) is 0 Å². The van der Waals surface area contributed by atoms with Crippen LogP contribution in [-0.4, -0.2) is 19.1 Å². The molecule has 0 aliphatic carbocycles. The third-order valence-corrected chi connectivity index (χ3v) is 4.11. The molecule has 25 heavy (non-hydrogen) atoms. The van der Waals surface area contributed by atoms with Crippen molar-refractivity contribution in [3.63, 3.8) is 0 Å². The Morgan fingerprint density at radius 3 is 2.68 bits per heavy atom. The summed E-state index contributed by atoms with van der Waals surface area (Å²) in [5.74, 6) is 0.827. The van der Waals surface area contributed by atoms with Gasteiger partial charge in [0.1, 0.15) is 5.75 Å². The molecule has 8 heteroatoms. The average Bonchev–Trinajstić information content (AvgIpc) is 2.95. The fourth-order valence-corrected chi connectivity index (χ4v) is 2.91. The molecule has 0 saturated carbocycles. The lowest BCUT2D eigenvalue weighted by Crippen LogP contribution is -2.36. The van der Waals surface area contributed by atoms with E-state index in [1.54, 1.807) is 23.5 Å². The first kappa shape index (κ1) is 21.6. The minimum atomic E-state index is -2.82. The van der Waals surface area contributed by atoms with E-state index in [1.165, 1.54) is 15.8 Å². The number of aryl methyl sites for hydroxylation is 1. The number of guanidine groups is 1. The summed E-state index contributed by atoms with van der Waals surface area (Å²) in [6, 6.07) is 10.7. The Balaban J connectivity index is 0.00000312. The third-order valence-electron chi connectivity index (χ3n) is 3.11. The molecule has 0 fully saturated rings. The van der Waals surface area contributed by atoms with Gasteiger partial charge in [-0.25, -0.2) is 4.99 Å². The number of nitrogens with zero attached hydrogens (tertiary/aromatic N) is 1. The molecule has 0 bridgehead atoms. The number of aliphatic imine (C=N–C) groups is 1. The highest BCUT2D eigenvalue weighted by atomic mass is 127. The highest BCUT2D eigenvalue weighted by molar-refractivity contribution is 14.0. The van der Waals surface area contributed by atoms with Crippen LogP contribution in [0, 0.1) is 6.92 Å². The Kier molecular flexibility index (Phi) is 9.73. The number of rotatable bonds is 7. The van der Waals surface area contributed by atoms with Gasteiger partial charge < -0.3 is 15.4 Å². The van der Waals surface area contributed by atoms with Crippen molar-refractivity contribution in [2.24, 2.45) is 4.99 Å². The van der Waals surface area contributed by atoms with Gasteiger partial charge in [-0.1, -0.05) is 12.1 Å². The average molecular weight is 481 g/mol. The fraction of sp³-hybridized carbons (Fsp3) is 0.353. The summed E-state index contributed by atoms with van der Waals surface area (Å²) in [4.78, 5) is 6.98. The maximum atomic E-state index is 12.3. The summed E-state index contributed by atoms with van der Waals surface area (Å²) in [5.41, 5.74) is 0.803. The van der Waals surface area contributed by atoms with Crippen LogP contribution in [0.1, 0.15) is 22.2 Å². The van der Waals surface area contributed by atoms with Crippen molar-refractivity contribution in [1.82, 2.24) is 10.6 Å². The molecule has 2 rings (SSSR count). The van der Waals surface area contributed by atoms with Crippen molar-refractivity contribution >= 4 is 41.3 Å². The van der Waals surface area contributed by atoms with Crippen LogP contribution in [-0.2, 0) is 13.1 Å². The van der Waals surface area contributed by atoms with Crippen molar-refractivity contribution in [2.75, 3.05) is 6.54 Å². The molecule has 1 aromatic carbocycles. The second-order valence-electron chi connectivity index (χ2n) is 5.09. The lowest BCUT2D eigenvalue weighted by atomic mass is 10.2. The molecule has 0 spiro atoms. The standard InChI is InChI=1S/C17H21F2N3OS.HI/c1-3-20-17(22-11-15-8-7-12(2)24-15)21-10-13-5-4-6-14(9-13)23-16(18)19;/h4-9,16H,3,10-11H2,1-2H3,(H2,20,21,22);1H. The van der Waals surface area contributed by atoms with E-state index in [0.29, 0.717) is 19.0 Å². The monoisotopic (exact) mass is 481 g/mol. The molecule has 0 aliphatic rings. The van der Waals surface area contributed by atoms with Crippen LogP contribution >= 0.6 is 35.3 Å². The normalized spacial score (nSPS) is 11.2. The van der Waals surface area contributed by atoms with Crippen LogP contribution in [0.15, 0.2) is 41.4 Å². The minimum absolute atomic E-state index is 0. The molecule has 2 N–H and O–H groups in total. The smallest absolute Gasteiger partial charge is 0.387 e. The van der Waals surface area contributed by atoms with E-state index in [0.717, 1.165) is 12.1 Å². The van der Waals surface area contributed by atoms with E-state index >= 15 is 0 Å². The van der Waals surface area contributed by atoms with Crippen molar-refractivity contribution in [3.8, 4) is 5.75 Å². The maximum absolute atomic E-state index is 12.3. The number of nitrogens with one attached hydrogen (secondary N) is 2. The number of benzene rings is 1. The predicted molar refractivity (Wildman–Crippen MR) is 109 cm³/mol. The van der Waals surface area contributed by atoms with Crippen molar-refractivity contribution < 1.29 is 13.5 Å². The molecule has 0 amide bonds. The first-order valence-electron chi connectivity index (χ1n) is 7.68. The molecule has 4 nitrogen and oxygen atoms in total. The van der Waals surface area contributed by atoms with Crippen LogP contribution in [0.2, 0.25) is 0 Å². The van der Waals surface area contributed by atoms with Gasteiger partial charge in [0.25, 0.3) is 0 Å². The number of alkyl halides is 2. The lowest BCUT2D eigenvalue weighted by Gasteiger charge is -2.11. The number of hydrogen-bond donors (Lipinski definition) is 2. The summed E-state index contributed by atoms with van der Waals surface area (Å²) in [5, 5.41) is 6.43. The first-order chi connectivity index (χ1) is 11.6. The molecule has 0 saturated heterocycles. The zero-order valence-electron chi connectivity index (χ0n) is 14.1. The molecular formula is C17H22F2IN3OS. The van der Waals surface area contributed by atoms with Crippen LogP contribution in [0.5, 0.6) is 5.75 Å². The fourth-order valence-electron chi connectivity index (χ4n) is 2.08. The summed E-state index contributed by atoms with van der Waals surface area (Å²) >= 11 is 1.74. The van der Waals surface area contributed by atoms with Crippen molar-refractivity contribution in [1.29, 1.82) is 0 Å². The first-order valence-corrected chi connectivity index (χ1v) is 8.49. The molecule has 2 aromatic rings. The Labute approximate surface area is 167 Å². The SMILES string of the molecule is CCNC(=NCc1cccc(OC(F)F)c1)NCc1ccc(C)s1.I. The molecular weight excluding hydrogens is 459 g/mol. The number of hydrogen-bond acceptors (Lipinski definition) is 3. The van der Waals surface area contributed by atoms with Gasteiger partial charge in [-0.2, -0.15) is 8.78 Å². The Morgan fingerprint density at radius 2 is 2.04 bits per heavy atom. The molecule has 0 unspecified atom stereocenters. The second-order valence-corrected chi connectivity index (χ2v) is 6.46. The Morgan fingerprint density at radius 1 is 1.24 bits per heavy atom. The predicted octanol–water partition coefficient (Wildman–Crippen LogP) is 4.53. The van der Waals surface area contributed by atoms with E-state index < -0.39 is 6.61 Å². The highest BCUT2D eigenvalue weighted by Crippen LogP contribution is 2.17. The van der Waals surface area contributed by atoms with Crippen LogP contribution in [0.25, 0.3) is 0 Å². The van der Waals surface area contributed by atoms with Gasteiger partial charge in [-0.05, 0) is 43.7 Å². The molecule has 138 valence electrons. The van der Waals surface area contributed by atoms with E-state index in [9.17, 15) is 8.78 Å². The van der Waals surface area contributed by atoms with Crippen molar-refractivity contribution in [3.05, 3.63) is 51.7 Å². The van der Waals surface area contributed by atoms with Gasteiger partial charge in [0.05, 0.1) is 13.1 Å². The second kappa shape index (κ2) is 11.2. The summed E-state index contributed by atoms with van der Waals surface area (Å²) < 4.78 is 28.9.